The zero-order valence-electron chi connectivity index (χ0n) is 27.9. The summed E-state index contributed by atoms with van der Waals surface area (Å²) < 4.78 is 37.4. The zero-order chi connectivity index (χ0) is 33.9. The molecule has 6 rings (SSSR count). The molecule has 48 heavy (non-hydrogen) atoms. The van der Waals surface area contributed by atoms with E-state index in [2.05, 4.69) is 99.0 Å². The minimum absolute atomic E-state index is 0. The van der Waals surface area contributed by atoms with Crippen LogP contribution in [0.15, 0.2) is 24.3 Å². The first-order chi connectivity index (χ1) is 21.4. The molecule has 10 unspecified atom stereocenters. The minimum atomic E-state index is -0.907. The van der Waals surface area contributed by atoms with Crippen molar-refractivity contribution in [2.24, 2.45) is 0 Å². The Morgan fingerprint density at radius 3 is 1.40 bits per heavy atom. The van der Waals surface area contributed by atoms with Crippen LogP contribution >= 0.6 is 67.8 Å². The van der Waals surface area contributed by atoms with E-state index in [1.807, 2.05) is 13.8 Å². The number of aliphatic hydroxyl groups is 4. The van der Waals surface area contributed by atoms with Gasteiger partial charge in [0.15, 0.2) is 24.2 Å². The molecule has 8 N–H and O–H groups in total. The van der Waals surface area contributed by atoms with Crippen LogP contribution in [0.25, 0.3) is 0 Å². The molecule has 0 aliphatic carbocycles. The molecule has 0 aromatic heterocycles. The normalized spacial score (nSPS) is 32.3. The minimum Gasteiger partial charge on any atom is -0.412 e. The van der Waals surface area contributed by atoms with Gasteiger partial charge in [-0.2, -0.15) is 0 Å². The standard InChI is InChI=1S/C18H26O5.C15H17I3O5.2H2O/c1-9-6-10(2)12(11(3)7-9)8-13(19)15-14(20)16-17(21-15)23-18(4,5)22-16;1-15(2)22-13-11(20)12(21-14(13)23-15)10(19)5-7-8(17)3-6(16)4-9(7)18;;/h6-7,13-17,19-20H,8H2,1-5H3;3-4,10-14,19-20H,5H2,1-2H3;2*1H2. The van der Waals surface area contributed by atoms with E-state index in [4.69, 9.17) is 28.4 Å². The molecule has 12 nitrogen and oxygen atoms in total. The van der Waals surface area contributed by atoms with Crippen molar-refractivity contribution in [3.63, 3.8) is 0 Å². The third-order valence-corrected chi connectivity index (χ3v) is 11.2. The molecule has 0 saturated carbocycles. The van der Waals surface area contributed by atoms with Gasteiger partial charge in [0.05, 0.1) is 12.2 Å². The first-order valence-electron chi connectivity index (χ1n) is 15.3. The van der Waals surface area contributed by atoms with Gasteiger partial charge in [-0.1, -0.05) is 17.7 Å². The Morgan fingerprint density at radius 2 is 1.02 bits per heavy atom. The van der Waals surface area contributed by atoms with Crippen molar-refractivity contribution in [2.45, 2.75) is 134 Å². The highest BCUT2D eigenvalue weighted by molar-refractivity contribution is 14.1. The van der Waals surface area contributed by atoms with Crippen molar-refractivity contribution in [3.05, 3.63) is 62.8 Å². The summed E-state index contributed by atoms with van der Waals surface area (Å²) in [5, 5.41) is 42.0. The Morgan fingerprint density at radius 1 is 0.646 bits per heavy atom. The number of aliphatic hydroxyl groups excluding tert-OH is 4. The summed E-state index contributed by atoms with van der Waals surface area (Å²) in [7, 11) is 0. The number of hydrogen-bond acceptors (Lipinski definition) is 10. The van der Waals surface area contributed by atoms with Crippen molar-refractivity contribution >= 4 is 67.8 Å². The van der Waals surface area contributed by atoms with Crippen LogP contribution in [0.5, 0.6) is 0 Å². The largest absolute Gasteiger partial charge is 0.412 e. The van der Waals surface area contributed by atoms with Crippen molar-refractivity contribution < 1.29 is 59.8 Å². The molecule has 0 spiro atoms. The second-order valence-corrected chi connectivity index (χ2v) is 17.0. The molecule has 0 amide bonds. The van der Waals surface area contributed by atoms with Crippen molar-refractivity contribution in [3.8, 4) is 0 Å². The average molecular weight is 1020 g/mol. The van der Waals surface area contributed by atoms with Gasteiger partial charge in [-0.05, 0) is 151 Å². The highest BCUT2D eigenvalue weighted by Gasteiger charge is 2.57. The molecule has 4 fully saturated rings. The van der Waals surface area contributed by atoms with Gasteiger partial charge >= 0.3 is 0 Å². The maximum absolute atomic E-state index is 10.6. The molecule has 2 aromatic rings. The van der Waals surface area contributed by atoms with Gasteiger partial charge in [0.25, 0.3) is 0 Å². The molecule has 15 heteroatoms. The van der Waals surface area contributed by atoms with Crippen LogP contribution in [0.1, 0.15) is 55.5 Å². The molecule has 10 atom stereocenters. The molecule has 0 bridgehead atoms. The van der Waals surface area contributed by atoms with Crippen LogP contribution in [0.3, 0.4) is 0 Å². The Kier molecular flexibility index (Phi) is 14.6. The fourth-order valence-electron chi connectivity index (χ4n) is 6.62. The highest BCUT2D eigenvalue weighted by atomic mass is 127. The lowest BCUT2D eigenvalue weighted by molar-refractivity contribution is -0.225. The lowest BCUT2D eigenvalue weighted by Gasteiger charge is -2.26. The SMILES string of the molecule is CC1(C)OC2OC(C(O)Cc3c(I)cc(I)cc3I)C(O)C2O1.Cc1cc(C)c(CC(O)C2OC3OC(C)(C)OC3C2O)c(C)c1.O.O. The Hall–Kier alpha value is 0.150. The van der Waals surface area contributed by atoms with E-state index in [0.29, 0.717) is 12.8 Å². The predicted octanol–water partition coefficient (Wildman–Crippen LogP) is 2.74. The Labute approximate surface area is 322 Å². The second-order valence-electron chi connectivity index (χ2n) is 13.4. The molecule has 272 valence electrons. The fraction of sp³-hybridized carbons (Fsp3) is 0.636. The smallest absolute Gasteiger partial charge is 0.190 e. The topological polar surface area (TPSA) is 199 Å². The molecule has 0 radical (unpaired) electrons. The number of halogens is 3. The maximum Gasteiger partial charge on any atom is 0.190 e. The zero-order valence-corrected chi connectivity index (χ0v) is 34.3. The molecular weight excluding hydrogens is 969 g/mol. The van der Waals surface area contributed by atoms with Crippen molar-refractivity contribution in [1.29, 1.82) is 0 Å². The van der Waals surface area contributed by atoms with Gasteiger partial charge < -0.3 is 59.8 Å². The average Bonchev–Trinajstić information content (AvgIpc) is 3.60. The van der Waals surface area contributed by atoms with Crippen LogP contribution in [0.2, 0.25) is 0 Å². The number of hydrogen-bond donors (Lipinski definition) is 4. The number of rotatable bonds is 6. The Balaban J connectivity index is 0.000000250. The van der Waals surface area contributed by atoms with Crippen LogP contribution in [-0.4, -0.2) is 104 Å². The first-order valence-corrected chi connectivity index (χ1v) is 18.5. The molecular formula is C33H47I3O12. The fourth-order valence-corrected chi connectivity index (χ4v) is 10.6. The monoisotopic (exact) mass is 1020 g/mol. The highest BCUT2D eigenvalue weighted by Crippen LogP contribution is 2.40. The van der Waals surface area contributed by atoms with E-state index in [-0.39, 0.29) is 11.0 Å². The van der Waals surface area contributed by atoms with E-state index in [1.165, 1.54) is 5.56 Å². The molecule has 4 aliphatic rings. The van der Waals surface area contributed by atoms with Crippen LogP contribution < -0.4 is 0 Å². The Bertz CT molecular complexity index is 1270. The third-order valence-electron chi connectivity index (χ3n) is 8.64. The van der Waals surface area contributed by atoms with Crippen LogP contribution in [0.4, 0.5) is 0 Å². The van der Waals surface area contributed by atoms with Crippen molar-refractivity contribution in [2.75, 3.05) is 0 Å². The summed E-state index contributed by atoms with van der Waals surface area (Å²) in [6.45, 7) is 13.3. The summed E-state index contributed by atoms with van der Waals surface area (Å²) in [4.78, 5) is 0. The van der Waals surface area contributed by atoms with Crippen LogP contribution in [-0.2, 0) is 41.3 Å². The molecule has 4 aliphatic heterocycles. The third kappa shape index (κ3) is 9.38. The van der Waals surface area contributed by atoms with Gasteiger partial charge in [0, 0.05) is 23.6 Å². The van der Waals surface area contributed by atoms with E-state index < -0.39 is 73.0 Å². The summed E-state index contributed by atoms with van der Waals surface area (Å²) >= 11 is 6.82. The number of benzene rings is 2. The van der Waals surface area contributed by atoms with Crippen molar-refractivity contribution in [1.82, 2.24) is 0 Å². The molecule has 2 aromatic carbocycles. The second kappa shape index (κ2) is 16.4. The van der Waals surface area contributed by atoms with Crippen LogP contribution in [0, 0.1) is 31.5 Å². The number of ether oxygens (including phenoxy) is 6. The van der Waals surface area contributed by atoms with Gasteiger partial charge in [0.1, 0.15) is 36.6 Å². The van der Waals surface area contributed by atoms with Gasteiger partial charge in [-0.15, -0.1) is 0 Å². The summed E-state index contributed by atoms with van der Waals surface area (Å²) in [6.07, 6.45) is -6.38. The lowest BCUT2D eigenvalue weighted by atomic mass is 9.92. The molecule has 4 heterocycles. The number of fused-ring (bicyclic) bond motifs is 2. The van der Waals surface area contributed by atoms with Gasteiger partial charge in [-0.25, -0.2) is 0 Å². The number of aryl methyl sites for hydroxylation is 3. The van der Waals surface area contributed by atoms with Gasteiger partial charge in [-0.3, -0.25) is 0 Å². The lowest BCUT2D eigenvalue weighted by Crippen LogP contribution is -2.41. The van der Waals surface area contributed by atoms with Gasteiger partial charge in [0.2, 0.25) is 0 Å². The quantitative estimate of drug-likeness (QED) is 0.313. The molecule has 4 saturated heterocycles. The summed E-state index contributed by atoms with van der Waals surface area (Å²) in [6, 6.07) is 8.34. The summed E-state index contributed by atoms with van der Waals surface area (Å²) in [5.41, 5.74) is 5.65. The van der Waals surface area contributed by atoms with E-state index in [0.717, 1.165) is 33.0 Å². The summed E-state index contributed by atoms with van der Waals surface area (Å²) in [5.74, 6) is -1.54. The maximum atomic E-state index is 10.6. The van der Waals surface area contributed by atoms with E-state index >= 15 is 0 Å². The predicted molar refractivity (Wildman–Crippen MR) is 201 cm³/mol. The van der Waals surface area contributed by atoms with E-state index in [9.17, 15) is 20.4 Å². The van der Waals surface area contributed by atoms with E-state index in [1.54, 1.807) is 27.7 Å². The first kappa shape index (κ1) is 42.6.